The second kappa shape index (κ2) is 5.48. The molecule has 5 heteroatoms. The molecule has 0 radical (unpaired) electrons. The Morgan fingerprint density at radius 3 is 2.56 bits per heavy atom. The van der Waals surface area contributed by atoms with Gasteiger partial charge in [0.05, 0.1) is 19.8 Å². The monoisotopic (exact) mass is 225 g/mol. The molecular formula is C11H15NO4. The minimum absolute atomic E-state index is 0.362. The van der Waals surface area contributed by atoms with Crippen LogP contribution in [0.3, 0.4) is 0 Å². The highest BCUT2D eigenvalue weighted by Crippen LogP contribution is 2.27. The zero-order valence-electron chi connectivity index (χ0n) is 9.52. The first-order chi connectivity index (χ1) is 7.63. The Morgan fingerprint density at radius 1 is 1.38 bits per heavy atom. The highest BCUT2D eigenvalue weighted by Gasteiger charge is 2.15. The molecule has 0 aliphatic rings. The summed E-state index contributed by atoms with van der Waals surface area (Å²) in [7, 11) is 2.87. The zero-order valence-corrected chi connectivity index (χ0v) is 9.52. The number of hydrogen-bond acceptors (Lipinski definition) is 5. The lowest BCUT2D eigenvalue weighted by Gasteiger charge is -2.14. The van der Waals surface area contributed by atoms with Gasteiger partial charge in [0, 0.05) is 5.56 Å². The summed E-state index contributed by atoms with van der Waals surface area (Å²) in [6, 6.07) is 4.94. The smallest absolute Gasteiger partial charge is 0.337 e. The van der Waals surface area contributed by atoms with Crippen LogP contribution in [0.2, 0.25) is 0 Å². The van der Waals surface area contributed by atoms with Crippen molar-refractivity contribution >= 4 is 5.97 Å². The van der Waals surface area contributed by atoms with E-state index >= 15 is 0 Å². The van der Waals surface area contributed by atoms with E-state index in [4.69, 9.17) is 15.5 Å². The van der Waals surface area contributed by atoms with Crippen molar-refractivity contribution in [3.8, 4) is 5.75 Å². The van der Waals surface area contributed by atoms with E-state index < -0.39 is 5.97 Å². The molecule has 1 unspecified atom stereocenters. The van der Waals surface area contributed by atoms with Crippen LogP contribution >= 0.6 is 0 Å². The molecule has 5 nitrogen and oxygen atoms in total. The number of ether oxygens (including phenoxy) is 2. The molecule has 0 saturated carbocycles. The van der Waals surface area contributed by atoms with Gasteiger partial charge in [0.1, 0.15) is 11.9 Å². The molecule has 0 amide bonds. The van der Waals surface area contributed by atoms with Crippen LogP contribution in [0.1, 0.15) is 28.9 Å². The summed E-state index contributed by atoms with van der Waals surface area (Å²) in [5.41, 5.74) is 1.13. The predicted octanol–water partition coefficient (Wildman–Crippen LogP) is 1.43. The van der Waals surface area contributed by atoms with Crippen LogP contribution < -0.4 is 10.6 Å². The van der Waals surface area contributed by atoms with Gasteiger partial charge in [0.2, 0.25) is 0 Å². The fourth-order valence-electron chi connectivity index (χ4n) is 1.37. The molecule has 0 spiro atoms. The summed E-state index contributed by atoms with van der Waals surface area (Å²) < 4.78 is 9.78. The normalized spacial score (nSPS) is 12.0. The Morgan fingerprint density at radius 2 is 2.06 bits per heavy atom. The molecule has 88 valence electrons. The maximum Gasteiger partial charge on any atom is 0.337 e. The van der Waals surface area contributed by atoms with Crippen molar-refractivity contribution in [3.63, 3.8) is 0 Å². The number of methoxy groups -OCH3 is 2. The molecule has 16 heavy (non-hydrogen) atoms. The first-order valence-electron chi connectivity index (χ1n) is 4.75. The van der Waals surface area contributed by atoms with E-state index in [0.29, 0.717) is 16.9 Å². The molecule has 0 aromatic heterocycles. The maximum absolute atomic E-state index is 11.3. The lowest BCUT2D eigenvalue weighted by Crippen LogP contribution is -2.09. The van der Waals surface area contributed by atoms with Gasteiger partial charge in [0.25, 0.3) is 0 Å². The summed E-state index contributed by atoms with van der Waals surface area (Å²) in [6.45, 7) is 1.76. The Kier molecular flexibility index (Phi) is 4.28. The van der Waals surface area contributed by atoms with Gasteiger partial charge in [-0.2, -0.15) is 0 Å². The summed E-state index contributed by atoms with van der Waals surface area (Å²) in [5.74, 6) is 5.32. The Bertz CT molecular complexity index is 378. The number of carbonyl (C=O) groups is 1. The molecule has 1 aromatic carbocycles. The topological polar surface area (TPSA) is 70.8 Å². The standard InChI is InChI=1S/C11H15NO4/c1-7(16-12)9-6-8(11(13)15-3)4-5-10(9)14-2/h4-7H,12H2,1-3H3. The average molecular weight is 225 g/mol. The SMILES string of the molecule is COC(=O)c1ccc(OC)c(C(C)ON)c1. The van der Waals surface area contributed by atoms with Gasteiger partial charge < -0.3 is 9.47 Å². The summed E-state index contributed by atoms with van der Waals surface area (Å²) in [5, 5.41) is 0. The van der Waals surface area contributed by atoms with Crippen LogP contribution in [-0.4, -0.2) is 20.2 Å². The van der Waals surface area contributed by atoms with Crippen molar-refractivity contribution in [3.05, 3.63) is 29.3 Å². The fraction of sp³-hybridized carbons (Fsp3) is 0.364. The minimum atomic E-state index is -0.409. The van der Waals surface area contributed by atoms with E-state index in [1.54, 1.807) is 32.2 Å². The van der Waals surface area contributed by atoms with Gasteiger partial charge in [-0.1, -0.05) is 0 Å². The third kappa shape index (κ3) is 2.50. The van der Waals surface area contributed by atoms with Crippen molar-refractivity contribution in [2.45, 2.75) is 13.0 Å². The van der Waals surface area contributed by atoms with Crippen molar-refractivity contribution in [2.75, 3.05) is 14.2 Å². The number of carbonyl (C=O) groups excluding carboxylic acids is 1. The summed E-state index contributed by atoms with van der Waals surface area (Å²) in [6.07, 6.45) is -0.362. The van der Waals surface area contributed by atoms with Gasteiger partial charge >= 0.3 is 5.97 Å². The van der Waals surface area contributed by atoms with E-state index in [2.05, 4.69) is 4.74 Å². The Labute approximate surface area is 94.1 Å². The van der Waals surface area contributed by atoms with Crippen LogP contribution in [0.25, 0.3) is 0 Å². The number of esters is 1. The van der Waals surface area contributed by atoms with Crippen LogP contribution in [0, 0.1) is 0 Å². The third-order valence-corrected chi connectivity index (χ3v) is 2.29. The first kappa shape index (κ1) is 12.5. The molecule has 0 aliphatic carbocycles. The lowest BCUT2D eigenvalue weighted by molar-refractivity contribution is 0.0593. The second-order valence-corrected chi connectivity index (χ2v) is 3.23. The van der Waals surface area contributed by atoms with Crippen LogP contribution in [0.15, 0.2) is 18.2 Å². The molecule has 0 aliphatic heterocycles. The van der Waals surface area contributed by atoms with Gasteiger partial charge in [-0.3, -0.25) is 4.84 Å². The Hall–Kier alpha value is -1.59. The minimum Gasteiger partial charge on any atom is -0.496 e. The number of nitrogens with two attached hydrogens (primary N) is 1. The highest BCUT2D eigenvalue weighted by atomic mass is 16.6. The highest BCUT2D eigenvalue weighted by molar-refractivity contribution is 5.89. The first-order valence-corrected chi connectivity index (χ1v) is 4.75. The molecule has 0 fully saturated rings. The fourth-order valence-corrected chi connectivity index (χ4v) is 1.37. The quantitative estimate of drug-likeness (QED) is 0.620. The van der Waals surface area contributed by atoms with Gasteiger partial charge in [-0.05, 0) is 25.1 Å². The largest absolute Gasteiger partial charge is 0.496 e. The third-order valence-electron chi connectivity index (χ3n) is 2.29. The van der Waals surface area contributed by atoms with E-state index in [9.17, 15) is 4.79 Å². The lowest BCUT2D eigenvalue weighted by atomic mass is 10.1. The molecule has 0 heterocycles. The van der Waals surface area contributed by atoms with Gasteiger partial charge in [0.15, 0.2) is 0 Å². The van der Waals surface area contributed by atoms with Crippen molar-refractivity contribution < 1.29 is 19.1 Å². The second-order valence-electron chi connectivity index (χ2n) is 3.23. The van der Waals surface area contributed by atoms with E-state index in [1.807, 2.05) is 0 Å². The number of benzene rings is 1. The van der Waals surface area contributed by atoms with E-state index in [-0.39, 0.29) is 6.10 Å². The molecule has 1 atom stereocenters. The summed E-state index contributed by atoms with van der Waals surface area (Å²) in [4.78, 5) is 16.1. The van der Waals surface area contributed by atoms with Crippen LogP contribution in [0.5, 0.6) is 5.75 Å². The van der Waals surface area contributed by atoms with Gasteiger partial charge in [-0.25, -0.2) is 10.7 Å². The average Bonchev–Trinajstić information content (AvgIpc) is 2.35. The van der Waals surface area contributed by atoms with Crippen molar-refractivity contribution in [1.82, 2.24) is 0 Å². The van der Waals surface area contributed by atoms with Crippen molar-refractivity contribution in [2.24, 2.45) is 5.90 Å². The molecule has 1 rings (SSSR count). The molecule has 1 aromatic rings. The molecule has 0 bridgehead atoms. The predicted molar refractivity (Wildman–Crippen MR) is 58.0 cm³/mol. The summed E-state index contributed by atoms with van der Waals surface area (Å²) >= 11 is 0. The maximum atomic E-state index is 11.3. The zero-order chi connectivity index (χ0) is 12.1. The number of hydrogen-bond donors (Lipinski definition) is 1. The van der Waals surface area contributed by atoms with Crippen LogP contribution in [0.4, 0.5) is 0 Å². The Balaban J connectivity index is 3.15. The van der Waals surface area contributed by atoms with E-state index in [1.165, 1.54) is 7.11 Å². The number of rotatable bonds is 4. The van der Waals surface area contributed by atoms with Crippen LogP contribution in [-0.2, 0) is 9.57 Å². The van der Waals surface area contributed by atoms with Gasteiger partial charge in [-0.15, -0.1) is 0 Å². The molecule has 2 N–H and O–H groups in total. The molecular weight excluding hydrogens is 210 g/mol. The van der Waals surface area contributed by atoms with E-state index in [0.717, 1.165) is 0 Å². The molecule has 0 saturated heterocycles. The van der Waals surface area contributed by atoms with Crippen molar-refractivity contribution in [1.29, 1.82) is 0 Å².